The number of urea groups is 1. The van der Waals surface area contributed by atoms with Crippen LogP contribution in [0.3, 0.4) is 0 Å². The van der Waals surface area contributed by atoms with Crippen LogP contribution in [0.25, 0.3) is 0 Å². The molecule has 6 heteroatoms. The SMILES string of the molecule is CC(NC(=O)NCc1cccc(N(C)C)n1)C(O)Cc1ccccc1. The number of carbonyl (C=O) groups is 1. The molecule has 0 saturated heterocycles. The second kappa shape index (κ2) is 9.03. The van der Waals surface area contributed by atoms with Crippen LogP contribution in [0.4, 0.5) is 10.6 Å². The zero-order valence-corrected chi connectivity index (χ0v) is 14.9. The molecule has 0 aliphatic heterocycles. The zero-order chi connectivity index (χ0) is 18.2. The molecule has 1 heterocycles. The van der Waals surface area contributed by atoms with Crippen LogP contribution in [0.15, 0.2) is 48.5 Å². The van der Waals surface area contributed by atoms with Gasteiger partial charge in [-0.05, 0) is 24.6 Å². The molecular formula is C19H26N4O2. The lowest BCUT2D eigenvalue weighted by atomic mass is 10.0. The quantitative estimate of drug-likeness (QED) is 0.719. The number of anilines is 1. The van der Waals surface area contributed by atoms with E-state index in [1.807, 2.05) is 67.5 Å². The predicted octanol–water partition coefficient (Wildman–Crippen LogP) is 1.94. The first kappa shape index (κ1) is 18.7. The maximum Gasteiger partial charge on any atom is 0.315 e. The number of aromatic nitrogens is 1. The van der Waals surface area contributed by atoms with E-state index < -0.39 is 6.10 Å². The van der Waals surface area contributed by atoms with Crippen LogP contribution in [0, 0.1) is 0 Å². The van der Waals surface area contributed by atoms with Crippen LogP contribution in [-0.2, 0) is 13.0 Å². The molecular weight excluding hydrogens is 316 g/mol. The van der Waals surface area contributed by atoms with Crippen LogP contribution >= 0.6 is 0 Å². The number of aliphatic hydroxyl groups is 1. The number of pyridine rings is 1. The second-order valence-corrected chi connectivity index (χ2v) is 6.25. The van der Waals surface area contributed by atoms with E-state index in [9.17, 15) is 9.90 Å². The first-order chi connectivity index (χ1) is 12.0. The molecule has 0 aliphatic carbocycles. The summed E-state index contributed by atoms with van der Waals surface area (Å²) in [6.45, 7) is 2.12. The van der Waals surface area contributed by atoms with Gasteiger partial charge in [0.05, 0.1) is 24.4 Å². The van der Waals surface area contributed by atoms with Crippen molar-refractivity contribution in [2.45, 2.75) is 32.0 Å². The normalized spacial score (nSPS) is 13.0. The highest BCUT2D eigenvalue weighted by Crippen LogP contribution is 2.08. The third kappa shape index (κ3) is 6.08. The summed E-state index contributed by atoms with van der Waals surface area (Å²) in [4.78, 5) is 18.4. The van der Waals surface area contributed by atoms with Crippen LogP contribution in [0.5, 0.6) is 0 Å². The highest BCUT2D eigenvalue weighted by Gasteiger charge is 2.17. The molecule has 0 spiro atoms. The fraction of sp³-hybridized carbons (Fsp3) is 0.368. The molecule has 3 N–H and O–H groups in total. The number of nitrogens with one attached hydrogen (secondary N) is 2. The van der Waals surface area contributed by atoms with Crippen molar-refractivity contribution in [1.29, 1.82) is 0 Å². The van der Waals surface area contributed by atoms with E-state index in [0.717, 1.165) is 17.1 Å². The Morgan fingerprint density at radius 3 is 2.56 bits per heavy atom. The van der Waals surface area contributed by atoms with Crippen molar-refractivity contribution in [2.75, 3.05) is 19.0 Å². The molecule has 0 fully saturated rings. The van der Waals surface area contributed by atoms with E-state index >= 15 is 0 Å². The van der Waals surface area contributed by atoms with Crippen LogP contribution in [-0.4, -0.2) is 42.4 Å². The van der Waals surface area contributed by atoms with E-state index in [1.54, 1.807) is 6.92 Å². The van der Waals surface area contributed by atoms with E-state index in [4.69, 9.17) is 0 Å². The Bertz CT molecular complexity index is 676. The Labute approximate surface area is 148 Å². The van der Waals surface area contributed by atoms with Gasteiger partial charge in [-0.15, -0.1) is 0 Å². The molecule has 6 nitrogen and oxygen atoms in total. The Morgan fingerprint density at radius 2 is 1.88 bits per heavy atom. The largest absolute Gasteiger partial charge is 0.391 e. The average molecular weight is 342 g/mol. The summed E-state index contributed by atoms with van der Waals surface area (Å²) in [5.74, 6) is 0.839. The molecule has 2 rings (SSSR count). The molecule has 0 saturated carbocycles. The molecule has 0 aliphatic rings. The van der Waals surface area contributed by atoms with Crippen LogP contribution in [0.1, 0.15) is 18.2 Å². The predicted molar refractivity (Wildman–Crippen MR) is 99.6 cm³/mol. The molecule has 0 bridgehead atoms. The minimum absolute atomic E-state index is 0.323. The summed E-state index contributed by atoms with van der Waals surface area (Å²) in [5, 5.41) is 15.8. The number of nitrogens with zero attached hydrogens (tertiary/aromatic N) is 2. The first-order valence-corrected chi connectivity index (χ1v) is 8.35. The lowest BCUT2D eigenvalue weighted by Gasteiger charge is -2.20. The van der Waals surface area contributed by atoms with Crippen LogP contribution in [0.2, 0.25) is 0 Å². The van der Waals surface area contributed by atoms with Gasteiger partial charge in [-0.25, -0.2) is 9.78 Å². The van der Waals surface area contributed by atoms with Gasteiger partial charge in [-0.3, -0.25) is 0 Å². The number of amides is 2. The lowest BCUT2D eigenvalue weighted by molar-refractivity contribution is 0.136. The highest BCUT2D eigenvalue weighted by molar-refractivity contribution is 5.74. The summed E-state index contributed by atoms with van der Waals surface area (Å²) in [6, 6.07) is 14.7. The summed E-state index contributed by atoms with van der Waals surface area (Å²) >= 11 is 0. The Kier molecular flexibility index (Phi) is 6.77. The third-order valence-electron chi connectivity index (χ3n) is 3.90. The number of hydrogen-bond acceptors (Lipinski definition) is 4. The average Bonchev–Trinajstić information content (AvgIpc) is 2.61. The minimum atomic E-state index is -0.650. The molecule has 2 amide bonds. The van der Waals surface area contributed by atoms with Gasteiger partial charge in [-0.2, -0.15) is 0 Å². The van der Waals surface area contributed by atoms with Crippen molar-refractivity contribution in [1.82, 2.24) is 15.6 Å². The summed E-state index contributed by atoms with van der Waals surface area (Å²) in [7, 11) is 3.84. The molecule has 2 aromatic rings. The van der Waals surface area contributed by atoms with Crippen LogP contribution < -0.4 is 15.5 Å². The van der Waals surface area contributed by atoms with E-state index in [0.29, 0.717) is 13.0 Å². The van der Waals surface area contributed by atoms with Gasteiger partial charge in [0.15, 0.2) is 0 Å². The topological polar surface area (TPSA) is 77.5 Å². The van der Waals surface area contributed by atoms with Gasteiger partial charge in [0, 0.05) is 20.5 Å². The molecule has 1 aromatic carbocycles. The van der Waals surface area contributed by atoms with Gasteiger partial charge in [-0.1, -0.05) is 36.4 Å². The summed E-state index contributed by atoms with van der Waals surface area (Å²) in [5.41, 5.74) is 1.81. The molecule has 2 atom stereocenters. The van der Waals surface area contributed by atoms with Crippen molar-refractivity contribution >= 4 is 11.8 Å². The smallest absolute Gasteiger partial charge is 0.315 e. The van der Waals surface area contributed by atoms with Crippen molar-refractivity contribution in [3.63, 3.8) is 0 Å². The van der Waals surface area contributed by atoms with Crippen molar-refractivity contribution < 1.29 is 9.90 Å². The Hall–Kier alpha value is -2.60. The number of aliphatic hydroxyl groups excluding tert-OH is 1. The fourth-order valence-corrected chi connectivity index (χ4v) is 2.37. The minimum Gasteiger partial charge on any atom is -0.391 e. The van der Waals surface area contributed by atoms with Gasteiger partial charge in [0.25, 0.3) is 0 Å². The van der Waals surface area contributed by atoms with Gasteiger partial charge in [0.1, 0.15) is 5.82 Å². The lowest BCUT2D eigenvalue weighted by Crippen LogP contribution is -2.46. The summed E-state index contributed by atoms with van der Waals surface area (Å²) < 4.78 is 0. The zero-order valence-electron chi connectivity index (χ0n) is 14.9. The highest BCUT2D eigenvalue weighted by atomic mass is 16.3. The Balaban J connectivity index is 1.80. The monoisotopic (exact) mass is 342 g/mol. The Morgan fingerprint density at radius 1 is 1.16 bits per heavy atom. The summed E-state index contributed by atoms with van der Waals surface area (Å²) in [6.07, 6.45) is -0.155. The van der Waals surface area contributed by atoms with E-state index in [2.05, 4.69) is 15.6 Å². The third-order valence-corrected chi connectivity index (χ3v) is 3.90. The van der Waals surface area contributed by atoms with Gasteiger partial charge >= 0.3 is 6.03 Å². The molecule has 2 unspecified atom stereocenters. The molecule has 0 radical (unpaired) electrons. The first-order valence-electron chi connectivity index (χ1n) is 8.35. The standard InChI is InChI=1S/C19H26N4O2/c1-14(17(24)12-15-8-5-4-6-9-15)21-19(25)20-13-16-10-7-11-18(22-16)23(2)3/h4-11,14,17,24H,12-13H2,1-3H3,(H2,20,21,25). The molecule has 1 aromatic heterocycles. The van der Waals surface area contributed by atoms with Gasteiger partial charge in [0.2, 0.25) is 0 Å². The van der Waals surface area contributed by atoms with E-state index in [-0.39, 0.29) is 12.1 Å². The second-order valence-electron chi connectivity index (χ2n) is 6.25. The van der Waals surface area contributed by atoms with E-state index in [1.165, 1.54) is 0 Å². The number of benzene rings is 1. The van der Waals surface area contributed by atoms with Crippen molar-refractivity contribution in [3.8, 4) is 0 Å². The number of hydrogen-bond donors (Lipinski definition) is 3. The number of rotatable bonds is 7. The van der Waals surface area contributed by atoms with Crippen molar-refractivity contribution in [3.05, 3.63) is 59.8 Å². The van der Waals surface area contributed by atoms with Crippen molar-refractivity contribution in [2.24, 2.45) is 0 Å². The maximum atomic E-state index is 12.0. The maximum absolute atomic E-state index is 12.0. The molecule has 25 heavy (non-hydrogen) atoms. The number of carbonyl (C=O) groups excluding carboxylic acids is 1. The van der Waals surface area contributed by atoms with Gasteiger partial charge < -0.3 is 20.6 Å². The molecule has 134 valence electrons. The fourth-order valence-electron chi connectivity index (χ4n) is 2.37.